The van der Waals surface area contributed by atoms with Crippen LogP contribution in [-0.4, -0.2) is 42.6 Å². The van der Waals surface area contributed by atoms with Crippen molar-refractivity contribution in [2.24, 2.45) is 5.41 Å². The van der Waals surface area contributed by atoms with E-state index >= 15 is 0 Å². The lowest BCUT2D eigenvalue weighted by Crippen LogP contribution is -2.32. The van der Waals surface area contributed by atoms with E-state index in [0.717, 1.165) is 49.0 Å². The van der Waals surface area contributed by atoms with E-state index < -0.39 is 5.41 Å². The second-order valence-electron chi connectivity index (χ2n) is 14.6. The molecule has 0 saturated heterocycles. The maximum Gasteiger partial charge on any atom is 0.333 e. The zero-order chi connectivity index (χ0) is 37.3. The van der Waals surface area contributed by atoms with Crippen molar-refractivity contribution in [2.45, 2.75) is 111 Å². The summed E-state index contributed by atoms with van der Waals surface area (Å²) >= 11 is 0. The van der Waals surface area contributed by atoms with Crippen LogP contribution in [0.3, 0.4) is 0 Å². The molecule has 0 bridgehead atoms. The molecule has 4 rings (SSSR count). The van der Waals surface area contributed by atoms with E-state index in [-0.39, 0.29) is 19.2 Å². The van der Waals surface area contributed by atoms with Gasteiger partial charge in [-0.15, -0.1) is 0 Å². The standard InChI is InChI=1S/C47H62O5/c1-6-9-11-13-36-15-17-38(18-16-36)39-19-21-40(22-20-39)41-23-25-44(37(8-3)31-41)42-24-26-45(43(32-42)14-12-29-52-46(50)35(4)5)51-30-28-47(33-48,34-49)27-10-7-2/h15-17,19-26,31-32,38,48-49H,4,6-14,18,27-30,33-34H2,1-3,5H3. The van der Waals surface area contributed by atoms with Crippen LogP contribution in [0.2, 0.25) is 0 Å². The number of aryl methyl sites for hydroxylation is 2. The van der Waals surface area contributed by atoms with Gasteiger partial charge in [0.25, 0.3) is 0 Å². The second kappa shape index (κ2) is 20.9. The maximum absolute atomic E-state index is 12.0. The molecule has 0 radical (unpaired) electrons. The first-order chi connectivity index (χ1) is 25.3. The molecule has 1 atom stereocenters. The van der Waals surface area contributed by atoms with Gasteiger partial charge in [-0.3, -0.25) is 0 Å². The molecule has 0 amide bonds. The number of carbonyl (C=O) groups excluding carboxylic acids is 1. The molecular formula is C47H62O5. The summed E-state index contributed by atoms with van der Waals surface area (Å²) in [6, 6.07) is 22.2. The SMILES string of the molecule is C=C(C)C(=O)OCCCc1cc(-c2ccc(-c3ccc(C4C=CC(CCCCC)=CC4)cc3)cc2CC)ccc1OCCC(CO)(CO)CCCC. The van der Waals surface area contributed by atoms with Crippen molar-refractivity contribution in [2.75, 3.05) is 26.4 Å². The van der Waals surface area contributed by atoms with Crippen LogP contribution in [0.25, 0.3) is 22.3 Å². The molecule has 0 fully saturated rings. The molecule has 0 heterocycles. The Labute approximate surface area is 313 Å². The van der Waals surface area contributed by atoms with Crippen LogP contribution >= 0.6 is 0 Å². The summed E-state index contributed by atoms with van der Waals surface area (Å²) in [5.74, 6) is 0.838. The van der Waals surface area contributed by atoms with Gasteiger partial charge < -0.3 is 19.7 Å². The average molecular weight is 707 g/mol. The topological polar surface area (TPSA) is 76.0 Å². The number of rotatable bonds is 22. The molecule has 52 heavy (non-hydrogen) atoms. The first kappa shape index (κ1) is 40.8. The van der Waals surface area contributed by atoms with E-state index in [9.17, 15) is 15.0 Å². The number of unbranched alkanes of at least 4 members (excludes halogenated alkanes) is 3. The van der Waals surface area contributed by atoms with Gasteiger partial charge in [-0.1, -0.05) is 125 Å². The Hall–Kier alpha value is -3.93. The molecule has 3 aromatic rings. The van der Waals surface area contributed by atoms with E-state index in [4.69, 9.17) is 9.47 Å². The summed E-state index contributed by atoms with van der Waals surface area (Å²) in [7, 11) is 0. The molecule has 3 aromatic carbocycles. The predicted molar refractivity (Wildman–Crippen MR) is 216 cm³/mol. The summed E-state index contributed by atoms with van der Waals surface area (Å²) in [5, 5.41) is 20.2. The van der Waals surface area contributed by atoms with E-state index in [1.165, 1.54) is 59.1 Å². The van der Waals surface area contributed by atoms with Crippen LogP contribution in [0.4, 0.5) is 0 Å². The minimum Gasteiger partial charge on any atom is -0.493 e. The summed E-state index contributed by atoms with van der Waals surface area (Å²) in [4.78, 5) is 12.0. The minimum atomic E-state index is -0.549. The van der Waals surface area contributed by atoms with Gasteiger partial charge in [-0.05, 0) is 109 Å². The van der Waals surface area contributed by atoms with Gasteiger partial charge in [0.2, 0.25) is 0 Å². The lowest BCUT2D eigenvalue weighted by atomic mass is 9.81. The molecule has 5 nitrogen and oxygen atoms in total. The van der Waals surface area contributed by atoms with Crippen molar-refractivity contribution in [3.63, 3.8) is 0 Å². The third kappa shape index (κ3) is 11.5. The van der Waals surface area contributed by atoms with Crippen molar-refractivity contribution in [3.05, 3.63) is 113 Å². The summed E-state index contributed by atoms with van der Waals surface area (Å²) in [6.45, 7) is 12.5. The third-order valence-electron chi connectivity index (χ3n) is 10.6. The fourth-order valence-electron chi connectivity index (χ4n) is 7.00. The zero-order valence-electron chi connectivity index (χ0n) is 32.2. The highest BCUT2D eigenvalue weighted by Gasteiger charge is 2.28. The smallest absolute Gasteiger partial charge is 0.333 e. The Morgan fingerprint density at radius 3 is 2.17 bits per heavy atom. The lowest BCUT2D eigenvalue weighted by molar-refractivity contribution is -0.139. The van der Waals surface area contributed by atoms with E-state index in [1.807, 2.05) is 6.07 Å². The molecule has 1 aliphatic carbocycles. The quantitative estimate of drug-likeness (QED) is 0.0618. The number of allylic oxidation sites excluding steroid dienone is 4. The molecule has 2 N–H and O–H groups in total. The van der Waals surface area contributed by atoms with Gasteiger partial charge in [0.1, 0.15) is 5.75 Å². The van der Waals surface area contributed by atoms with Crippen LogP contribution in [0.15, 0.2) is 96.6 Å². The van der Waals surface area contributed by atoms with Gasteiger partial charge in [0.05, 0.1) is 26.4 Å². The third-order valence-corrected chi connectivity index (χ3v) is 10.6. The van der Waals surface area contributed by atoms with Gasteiger partial charge in [0, 0.05) is 16.9 Å². The maximum atomic E-state index is 12.0. The molecule has 5 heteroatoms. The number of benzene rings is 3. The molecule has 0 aliphatic heterocycles. The number of aliphatic hydroxyl groups excluding tert-OH is 2. The molecule has 0 aromatic heterocycles. The van der Waals surface area contributed by atoms with Crippen LogP contribution < -0.4 is 4.74 Å². The Morgan fingerprint density at radius 2 is 1.52 bits per heavy atom. The Kier molecular flexibility index (Phi) is 16.4. The highest BCUT2D eigenvalue weighted by atomic mass is 16.5. The first-order valence-corrected chi connectivity index (χ1v) is 19.7. The lowest BCUT2D eigenvalue weighted by Gasteiger charge is -2.30. The Morgan fingerprint density at radius 1 is 0.808 bits per heavy atom. The molecule has 0 spiro atoms. The van der Waals surface area contributed by atoms with Crippen LogP contribution in [-0.2, 0) is 22.4 Å². The van der Waals surface area contributed by atoms with Crippen LogP contribution in [0.5, 0.6) is 5.75 Å². The van der Waals surface area contributed by atoms with E-state index in [1.54, 1.807) is 6.92 Å². The Balaban J connectivity index is 1.51. The second-order valence-corrected chi connectivity index (χ2v) is 14.6. The summed E-state index contributed by atoms with van der Waals surface area (Å²) in [5.41, 5.74) is 9.74. The largest absolute Gasteiger partial charge is 0.493 e. The molecule has 0 saturated carbocycles. The normalized spacial score (nSPS) is 14.3. The van der Waals surface area contributed by atoms with E-state index in [0.29, 0.717) is 44.0 Å². The summed E-state index contributed by atoms with van der Waals surface area (Å²) in [6.07, 6.45) is 18.7. The summed E-state index contributed by atoms with van der Waals surface area (Å²) < 4.78 is 11.7. The fraction of sp³-hybridized carbons (Fsp3) is 0.468. The van der Waals surface area contributed by atoms with Gasteiger partial charge in [-0.25, -0.2) is 4.79 Å². The van der Waals surface area contributed by atoms with Gasteiger partial charge in [-0.2, -0.15) is 0 Å². The monoisotopic (exact) mass is 706 g/mol. The van der Waals surface area contributed by atoms with E-state index in [2.05, 4.69) is 100 Å². The zero-order valence-corrected chi connectivity index (χ0v) is 32.2. The number of esters is 1. The predicted octanol–water partition coefficient (Wildman–Crippen LogP) is 11.1. The van der Waals surface area contributed by atoms with Gasteiger partial charge >= 0.3 is 5.97 Å². The van der Waals surface area contributed by atoms with Crippen molar-refractivity contribution in [3.8, 4) is 28.0 Å². The van der Waals surface area contributed by atoms with Crippen molar-refractivity contribution >= 4 is 5.97 Å². The average Bonchev–Trinajstić information content (AvgIpc) is 3.18. The van der Waals surface area contributed by atoms with Crippen molar-refractivity contribution in [1.29, 1.82) is 0 Å². The van der Waals surface area contributed by atoms with Crippen LogP contribution in [0.1, 0.15) is 115 Å². The number of hydrogen-bond acceptors (Lipinski definition) is 5. The number of carbonyl (C=O) groups is 1. The highest BCUT2D eigenvalue weighted by Crippen LogP contribution is 2.35. The first-order valence-electron chi connectivity index (χ1n) is 19.7. The fourth-order valence-corrected chi connectivity index (χ4v) is 7.00. The molecular weight excluding hydrogens is 645 g/mol. The number of aliphatic hydroxyl groups is 2. The van der Waals surface area contributed by atoms with Crippen molar-refractivity contribution in [1.82, 2.24) is 0 Å². The number of hydrogen-bond donors (Lipinski definition) is 2. The molecule has 280 valence electrons. The van der Waals surface area contributed by atoms with Crippen molar-refractivity contribution < 1.29 is 24.5 Å². The Bertz CT molecular complexity index is 1640. The van der Waals surface area contributed by atoms with Gasteiger partial charge in [0.15, 0.2) is 0 Å². The minimum absolute atomic E-state index is 0.0673. The highest BCUT2D eigenvalue weighted by molar-refractivity contribution is 5.86. The molecule has 1 aliphatic rings. The number of ether oxygens (including phenoxy) is 2. The molecule has 1 unspecified atom stereocenters. The van der Waals surface area contributed by atoms with Crippen LogP contribution in [0, 0.1) is 5.41 Å².